The highest BCUT2D eigenvalue weighted by Gasteiger charge is 2.26. The van der Waals surface area contributed by atoms with Gasteiger partial charge in [0.15, 0.2) is 0 Å². The van der Waals surface area contributed by atoms with Crippen LogP contribution in [-0.4, -0.2) is 44.0 Å². The molecule has 2 rings (SSSR count). The van der Waals surface area contributed by atoms with Crippen molar-refractivity contribution in [1.82, 2.24) is 9.97 Å². The monoisotopic (exact) mass is 406 g/mol. The number of hydrogen-bond donors (Lipinski definition) is 3. The van der Waals surface area contributed by atoms with E-state index in [0.717, 1.165) is 11.8 Å². The van der Waals surface area contributed by atoms with Crippen molar-refractivity contribution in [2.75, 3.05) is 5.75 Å². The van der Waals surface area contributed by atoms with Crippen LogP contribution in [0.4, 0.5) is 13.2 Å². The maximum Gasteiger partial charge on any atom is 0.389 e. The zero-order chi connectivity index (χ0) is 19.7. The van der Waals surface area contributed by atoms with Crippen molar-refractivity contribution in [3.05, 3.63) is 52.4 Å². The number of nitrogens with zero attached hydrogens (tertiary/aromatic N) is 1. The van der Waals surface area contributed by atoms with Gasteiger partial charge < -0.3 is 15.2 Å². The number of aromatic amines is 1. The molecule has 3 N–H and O–H groups in total. The summed E-state index contributed by atoms with van der Waals surface area (Å²) in [4.78, 5) is 27.4. The Balaban J connectivity index is 0.000000289. The molecule has 0 bridgehead atoms. The molecule has 0 aromatic carbocycles. The number of hydrogen-bond acceptors (Lipinski definition) is 5. The molecule has 2 heterocycles. The maximum absolute atomic E-state index is 11.9. The Morgan fingerprint density at radius 3 is 2.27 bits per heavy atom. The summed E-state index contributed by atoms with van der Waals surface area (Å²) in [6.07, 6.45) is -2.25. The lowest BCUT2D eigenvalue weighted by Crippen LogP contribution is -2.08. The number of carboxylic acids is 2. The zero-order valence-electron chi connectivity index (χ0n) is 13.0. The first-order chi connectivity index (χ1) is 12.1. The van der Waals surface area contributed by atoms with Crippen LogP contribution in [0.3, 0.4) is 0 Å². The molecule has 2 aromatic rings. The molecule has 26 heavy (non-hydrogen) atoms. The summed E-state index contributed by atoms with van der Waals surface area (Å²) in [7, 11) is 0. The first kappa shape index (κ1) is 21.6. The van der Waals surface area contributed by atoms with Gasteiger partial charge in [-0.05, 0) is 24.3 Å². The highest BCUT2D eigenvalue weighted by atomic mass is 32.2. The summed E-state index contributed by atoms with van der Waals surface area (Å²) >= 11 is 5.48. The van der Waals surface area contributed by atoms with Crippen molar-refractivity contribution in [3.63, 3.8) is 0 Å². The normalized spacial score (nSPS) is 10.6. The lowest BCUT2D eigenvalue weighted by molar-refractivity contribution is -0.129. The minimum Gasteiger partial charge on any atom is -0.478 e. The molecule has 0 radical (unpaired) electrons. The van der Waals surface area contributed by atoms with Crippen LogP contribution in [0.1, 0.15) is 27.1 Å². The Labute approximate surface area is 155 Å². The summed E-state index contributed by atoms with van der Waals surface area (Å²) < 4.78 is 35.9. The number of rotatable bonds is 5. The van der Waals surface area contributed by atoms with E-state index in [9.17, 15) is 22.8 Å². The Bertz CT molecular complexity index is 825. The van der Waals surface area contributed by atoms with E-state index in [1.165, 1.54) is 24.4 Å². The molecule has 0 atom stereocenters. The number of nitrogens with one attached hydrogen (secondary N) is 1. The van der Waals surface area contributed by atoms with E-state index < -0.39 is 24.5 Å². The fourth-order valence-corrected chi connectivity index (χ4v) is 2.72. The van der Waals surface area contributed by atoms with E-state index in [2.05, 4.69) is 9.97 Å². The SMILES string of the molecule is O=C(O)c1ccc[nH]c1=S.O=C(O)c1cccnc1SCCC(F)(F)F. The van der Waals surface area contributed by atoms with Crippen molar-refractivity contribution < 1.29 is 33.0 Å². The summed E-state index contributed by atoms with van der Waals surface area (Å²) in [6, 6.07) is 5.79. The second kappa shape index (κ2) is 9.92. The van der Waals surface area contributed by atoms with Gasteiger partial charge in [-0.1, -0.05) is 12.2 Å². The van der Waals surface area contributed by atoms with Crippen LogP contribution in [0.15, 0.2) is 41.7 Å². The number of H-pyrrole nitrogens is 1. The predicted octanol–water partition coefficient (Wildman–Crippen LogP) is 4.27. The van der Waals surface area contributed by atoms with E-state index in [4.69, 9.17) is 22.4 Å². The Kier molecular flexibility index (Phi) is 8.26. The molecule has 0 fully saturated rings. The number of aromatic carboxylic acids is 2. The van der Waals surface area contributed by atoms with Gasteiger partial charge in [0.2, 0.25) is 0 Å². The molecular formula is C15H13F3N2O4S2. The lowest BCUT2D eigenvalue weighted by Gasteiger charge is -2.06. The molecule has 0 aliphatic carbocycles. The lowest BCUT2D eigenvalue weighted by atomic mass is 10.3. The molecule has 0 saturated heterocycles. The molecule has 2 aromatic heterocycles. The minimum absolute atomic E-state index is 0.0744. The first-order valence-electron chi connectivity index (χ1n) is 6.90. The van der Waals surface area contributed by atoms with Crippen LogP contribution in [0.5, 0.6) is 0 Å². The first-order valence-corrected chi connectivity index (χ1v) is 8.30. The second-order valence-electron chi connectivity index (χ2n) is 4.59. The third kappa shape index (κ3) is 7.66. The average Bonchev–Trinajstić information content (AvgIpc) is 2.54. The summed E-state index contributed by atoms with van der Waals surface area (Å²) in [5.74, 6) is -2.43. The fraction of sp³-hybridized carbons (Fsp3) is 0.200. The van der Waals surface area contributed by atoms with Gasteiger partial charge in [-0.3, -0.25) is 0 Å². The van der Waals surface area contributed by atoms with Gasteiger partial charge in [-0.15, -0.1) is 11.8 Å². The number of aromatic nitrogens is 2. The van der Waals surface area contributed by atoms with Gasteiger partial charge in [0.1, 0.15) is 9.67 Å². The van der Waals surface area contributed by atoms with Crippen LogP contribution in [0.25, 0.3) is 0 Å². The molecule has 140 valence electrons. The highest BCUT2D eigenvalue weighted by Crippen LogP contribution is 2.26. The van der Waals surface area contributed by atoms with Crippen molar-refractivity contribution >= 4 is 35.9 Å². The average molecular weight is 406 g/mol. The molecule has 0 aliphatic heterocycles. The van der Waals surface area contributed by atoms with Crippen molar-refractivity contribution in [2.45, 2.75) is 17.6 Å². The predicted molar refractivity (Wildman–Crippen MR) is 91.2 cm³/mol. The van der Waals surface area contributed by atoms with Gasteiger partial charge >= 0.3 is 18.1 Å². The largest absolute Gasteiger partial charge is 0.478 e. The molecular weight excluding hydrogens is 393 g/mol. The molecule has 0 aliphatic rings. The standard InChI is InChI=1S/C9H8F3NO2S.C6H5NO2S/c10-9(11,12)3-5-16-7-6(8(14)15)2-1-4-13-7;8-6(9)4-2-1-3-7-5(4)10/h1-2,4H,3,5H2,(H,14,15);1-3H,(H,7,10)(H,8,9). The van der Waals surface area contributed by atoms with E-state index in [0.29, 0.717) is 0 Å². The number of carbonyl (C=O) groups is 2. The van der Waals surface area contributed by atoms with Crippen LogP contribution >= 0.6 is 24.0 Å². The number of pyridine rings is 2. The Morgan fingerprint density at radius 2 is 1.77 bits per heavy atom. The molecule has 0 unspecified atom stereocenters. The molecule has 6 nitrogen and oxygen atoms in total. The highest BCUT2D eigenvalue weighted by molar-refractivity contribution is 7.99. The van der Waals surface area contributed by atoms with Crippen LogP contribution in [-0.2, 0) is 0 Å². The van der Waals surface area contributed by atoms with Crippen molar-refractivity contribution in [1.29, 1.82) is 0 Å². The van der Waals surface area contributed by atoms with E-state index >= 15 is 0 Å². The van der Waals surface area contributed by atoms with Gasteiger partial charge in [0, 0.05) is 18.1 Å². The van der Waals surface area contributed by atoms with Crippen LogP contribution in [0.2, 0.25) is 0 Å². The zero-order valence-corrected chi connectivity index (χ0v) is 14.6. The molecule has 11 heteroatoms. The van der Waals surface area contributed by atoms with Gasteiger partial charge in [-0.25, -0.2) is 14.6 Å². The quantitative estimate of drug-likeness (QED) is 0.503. The van der Waals surface area contributed by atoms with Crippen molar-refractivity contribution in [2.24, 2.45) is 0 Å². The number of alkyl halides is 3. The van der Waals surface area contributed by atoms with Crippen LogP contribution in [0, 0.1) is 4.64 Å². The third-order valence-electron chi connectivity index (χ3n) is 2.67. The smallest absolute Gasteiger partial charge is 0.389 e. The fourth-order valence-electron chi connectivity index (χ4n) is 1.52. The Morgan fingerprint density at radius 1 is 1.15 bits per heavy atom. The topological polar surface area (TPSA) is 103 Å². The second-order valence-corrected chi connectivity index (χ2v) is 6.08. The number of halogens is 3. The van der Waals surface area contributed by atoms with Crippen LogP contribution < -0.4 is 0 Å². The number of carboxylic acid groups (broad SMARTS) is 2. The molecule has 0 spiro atoms. The minimum atomic E-state index is -4.23. The third-order valence-corrected chi connectivity index (χ3v) is 4.02. The van der Waals surface area contributed by atoms with E-state index in [-0.39, 0.29) is 26.5 Å². The summed E-state index contributed by atoms with van der Waals surface area (Å²) in [5.41, 5.74) is 0.0622. The van der Waals surface area contributed by atoms with Gasteiger partial charge in [0.25, 0.3) is 0 Å². The van der Waals surface area contributed by atoms with E-state index in [1.807, 2.05) is 0 Å². The Hall–Kier alpha value is -2.40. The summed E-state index contributed by atoms with van der Waals surface area (Å²) in [6.45, 7) is 0. The molecule has 0 amide bonds. The molecule has 0 saturated carbocycles. The van der Waals surface area contributed by atoms with E-state index in [1.54, 1.807) is 12.3 Å². The van der Waals surface area contributed by atoms with Gasteiger partial charge in [0.05, 0.1) is 17.5 Å². The number of thioether (sulfide) groups is 1. The summed E-state index contributed by atoms with van der Waals surface area (Å²) in [5, 5.41) is 17.3. The maximum atomic E-state index is 11.9. The van der Waals surface area contributed by atoms with Crippen molar-refractivity contribution in [3.8, 4) is 0 Å². The van der Waals surface area contributed by atoms with Gasteiger partial charge in [-0.2, -0.15) is 13.2 Å².